The molecule has 1 saturated carbocycles. The quantitative estimate of drug-likeness (QED) is 0.491. The minimum absolute atomic E-state index is 0.0669. The molecule has 35 heavy (non-hydrogen) atoms. The molecule has 1 saturated heterocycles. The van der Waals surface area contributed by atoms with Gasteiger partial charge in [-0.15, -0.1) is 0 Å². The van der Waals surface area contributed by atoms with Crippen LogP contribution in [0.3, 0.4) is 0 Å². The summed E-state index contributed by atoms with van der Waals surface area (Å²) in [6, 6.07) is 20.1. The van der Waals surface area contributed by atoms with Gasteiger partial charge in [-0.2, -0.15) is 11.3 Å². The van der Waals surface area contributed by atoms with Gasteiger partial charge in [0.15, 0.2) is 0 Å². The summed E-state index contributed by atoms with van der Waals surface area (Å²) in [5.74, 6) is 0.289. The lowest BCUT2D eigenvalue weighted by molar-refractivity contribution is -0.138. The second kappa shape index (κ2) is 9.50. The highest BCUT2D eigenvalue weighted by Crippen LogP contribution is 2.52. The zero-order valence-electron chi connectivity index (χ0n) is 19.7. The molecule has 1 unspecified atom stereocenters. The Morgan fingerprint density at radius 2 is 1.74 bits per heavy atom. The number of benzene rings is 2. The predicted molar refractivity (Wildman–Crippen MR) is 139 cm³/mol. The van der Waals surface area contributed by atoms with Crippen molar-refractivity contribution in [3.63, 3.8) is 0 Å². The molecule has 5 nitrogen and oxygen atoms in total. The number of nitrogens with one attached hydrogen (secondary N) is 2. The third kappa shape index (κ3) is 4.14. The van der Waals surface area contributed by atoms with Crippen molar-refractivity contribution in [1.29, 1.82) is 0 Å². The number of para-hydroxylation sites is 1. The van der Waals surface area contributed by atoms with Gasteiger partial charge in [0.2, 0.25) is 5.91 Å². The molecule has 0 radical (unpaired) electrons. The first kappa shape index (κ1) is 22.4. The fourth-order valence-corrected chi connectivity index (χ4v) is 7.10. The number of fused-ring (bicyclic) bond motifs is 3. The molecule has 2 fully saturated rings. The molecule has 6 rings (SSSR count). The Balaban J connectivity index is 1.27. The van der Waals surface area contributed by atoms with Crippen molar-refractivity contribution in [2.75, 3.05) is 11.9 Å². The van der Waals surface area contributed by atoms with Crippen LogP contribution in [0.25, 0.3) is 0 Å². The Bertz CT molecular complexity index is 1200. The highest BCUT2D eigenvalue weighted by Gasteiger charge is 2.48. The Kier molecular flexibility index (Phi) is 6.06. The number of anilines is 1. The summed E-state index contributed by atoms with van der Waals surface area (Å²) in [5, 5.41) is 11.3. The van der Waals surface area contributed by atoms with Gasteiger partial charge in [-0.1, -0.05) is 49.2 Å². The van der Waals surface area contributed by atoms with E-state index >= 15 is 0 Å². The first-order valence-corrected chi connectivity index (χ1v) is 13.7. The molecular weight excluding hydrogens is 454 g/mol. The van der Waals surface area contributed by atoms with Gasteiger partial charge in [-0.25, -0.2) is 0 Å². The first-order chi connectivity index (χ1) is 17.2. The molecule has 2 amide bonds. The van der Waals surface area contributed by atoms with Gasteiger partial charge in [0.05, 0.1) is 18.0 Å². The van der Waals surface area contributed by atoms with Crippen LogP contribution in [0.15, 0.2) is 71.4 Å². The minimum atomic E-state index is -0.170. The molecule has 3 aliphatic rings. The van der Waals surface area contributed by atoms with E-state index in [1.165, 1.54) is 11.1 Å². The standard InChI is InChI=1S/C29H31N3O2S/c33-28(19-8-2-1-3-9-19)31-25-13-7-5-11-22(25)29(34)32-16-14-23-26(20-15-17-35-18-20)30-24-12-6-4-10-21(24)27(23)32/h1-4,6,8-10,12,15,17-18,22-23,25-27,30H,5,7,11,13-14,16H2,(H,31,33)/t22-,23+,25?,26-,27-/m0/s1. The second-order valence-corrected chi connectivity index (χ2v) is 10.8. The molecule has 2 N–H and O–H groups in total. The van der Waals surface area contributed by atoms with E-state index in [-0.39, 0.29) is 35.9 Å². The Labute approximate surface area is 210 Å². The molecule has 3 aromatic rings. The van der Waals surface area contributed by atoms with E-state index in [0.29, 0.717) is 11.5 Å². The molecule has 2 aromatic carbocycles. The molecular formula is C29H31N3O2S. The highest BCUT2D eigenvalue weighted by molar-refractivity contribution is 7.08. The van der Waals surface area contributed by atoms with Crippen molar-refractivity contribution in [1.82, 2.24) is 10.2 Å². The van der Waals surface area contributed by atoms with E-state index in [0.717, 1.165) is 44.3 Å². The van der Waals surface area contributed by atoms with Gasteiger partial charge >= 0.3 is 0 Å². The van der Waals surface area contributed by atoms with Crippen LogP contribution in [-0.4, -0.2) is 29.3 Å². The van der Waals surface area contributed by atoms with Gasteiger partial charge in [-0.05, 0) is 65.4 Å². The number of likely N-dealkylation sites (tertiary alicyclic amines) is 1. The summed E-state index contributed by atoms with van der Waals surface area (Å²) in [4.78, 5) is 29.2. The van der Waals surface area contributed by atoms with Crippen LogP contribution in [0.5, 0.6) is 0 Å². The maximum Gasteiger partial charge on any atom is 0.251 e. The summed E-state index contributed by atoms with van der Waals surface area (Å²) in [6.07, 6.45) is 4.74. The van der Waals surface area contributed by atoms with Gasteiger partial charge in [-0.3, -0.25) is 9.59 Å². The smallest absolute Gasteiger partial charge is 0.251 e. The first-order valence-electron chi connectivity index (χ1n) is 12.7. The molecule has 2 aliphatic heterocycles. The molecule has 0 bridgehead atoms. The van der Waals surface area contributed by atoms with E-state index in [1.54, 1.807) is 11.3 Å². The summed E-state index contributed by atoms with van der Waals surface area (Å²) < 4.78 is 0. The van der Waals surface area contributed by atoms with Crippen molar-refractivity contribution in [2.45, 2.75) is 50.2 Å². The number of amides is 2. The number of carbonyl (C=O) groups is 2. The average Bonchev–Trinajstić information content (AvgIpc) is 3.60. The largest absolute Gasteiger partial charge is 0.378 e. The van der Waals surface area contributed by atoms with Crippen LogP contribution in [0.4, 0.5) is 5.69 Å². The minimum Gasteiger partial charge on any atom is -0.378 e. The van der Waals surface area contributed by atoms with Crippen molar-refractivity contribution in [2.24, 2.45) is 11.8 Å². The SMILES string of the molecule is O=C(NC1CCCC[C@@H]1C(=O)N1CC[C@@H]2[C@H](c3ccsc3)Nc3ccccc3[C@@H]21)c1ccccc1. The lowest BCUT2D eigenvalue weighted by Crippen LogP contribution is -2.50. The Morgan fingerprint density at radius 3 is 2.57 bits per heavy atom. The number of hydrogen-bond acceptors (Lipinski definition) is 4. The fraction of sp³-hybridized carbons (Fsp3) is 0.379. The van der Waals surface area contributed by atoms with Crippen LogP contribution in [-0.2, 0) is 4.79 Å². The second-order valence-electron chi connectivity index (χ2n) is 10.0. The molecule has 0 spiro atoms. The molecule has 1 aliphatic carbocycles. The Morgan fingerprint density at radius 1 is 0.943 bits per heavy atom. The summed E-state index contributed by atoms with van der Waals surface area (Å²) in [7, 11) is 0. The monoisotopic (exact) mass is 485 g/mol. The lowest BCUT2D eigenvalue weighted by atomic mass is 9.79. The number of carbonyl (C=O) groups excluding carboxylic acids is 2. The molecule has 1 aromatic heterocycles. The lowest BCUT2D eigenvalue weighted by Gasteiger charge is -2.41. The average molecular weight is 486 g/mol. The van der Waals surface area contributed by atoms with Gasteiger partial charge in [0.1, 0.15) is 0 Å². The van der Waals surface area contributed by atoms with E-state index in [2.05, 4.69) is 56.6 Å². The van der Waals surface area contributed by atoms with Crippen molar-refractivity contribution in [3.05, 3.63) is 88.1 Å². The fourth-order valence-electron chi connectivity index (χ4n) is 6.41. The number of thiophene rings is 1. The zero-order valence-corrected chi connectivity index (χ0v) is 20.5. The van der Waals surface area contributed by atoms with E-state index in [9.17, 15) is 9.59 Å². The predicted octanol–water partition coefficient (Wildman–Crippen LogP) is 5.79. The molecule has 5 atom stereocenters. The van der Waals surface area contributed by atoms with E-state index in [4.69, 9.17) is 0 Å². The van der Waals surface area contributed by atoms with Gasteiger partial charge in [0, 0.05) is 29.8 Å². The molecule has 180 valence electrons. The van der Waals surface area contributed by atoms with Crippen LogP contribution in [0.1, 0.15) is 65.7 Å². The topological polar surface area (TPSA) is 61.4 Å². The summed E-state index contributed by atoms with van der Waals surface area (Å²) in [5.41, 5.74) is 4.30. The van der Waals surface area contributed by atoms with Gasteiger partial charge in [0.25, 0.3) is 5.91 Å². The van der Waals surface area contributed by atoms with Crippen molar-refractivity contribution in [3.8, 4) is 0 Å². The van der Waals surface area contributed by atoms with E-state index in [1.807, 2.05) is 30.3 Å². The molecule has 3 heterocycles. The maximum absolute atomic E-state index is 14.1. The van der Waals surface area contributed by atoms with Gasteiger partial charge < -0.3 is 15.5 Å². The highest BCUT2D eigenvalue weighted by atomic mass is 32.1. The summed E-state index contributed by atoms with van der Waals surface area (Å²) >= 11 is 1.72. The van der Waals surface area contributed by atoms with Crippen LogP contribution in [0.2, 0.25) is 0 Å². The van der Waals surface area contributed by atoms with Crippen LogP contribution < -0.4 is 10.6 Å². The number of hydrogen-bond donors (Lipinski definition) is 2. The zero-order chi connectivity index (χ0) is 23.8. The van der Waals surface area contributed by atoms with Crippen LogP contribution >= 0.6 is 11.3 Å². The maximum atomic E-state index is 14.1. The molecule has 6 heteroatoms. The number of rotatable bonds is 4. The van der Waals surface area contributed by atoms with E-state index < -0.39 is 0 Å². The third-order valence-electron chi connectivity index (χ3n) is 8.08. The van der Waals surface area contributed by atoms with Crippen LogP contribution in [0, 0.1) is 11.8 Å². The third-order valence-corrected chi connectivity index (χ3v) is 8.79. The van der Waals surface area contributed by atoms with Crippen molar-refractivity contribution >= 4 is 28.8 Å². The summed E-state index contributed by atoms with van der Waals surface area (Å²) in [6.45, 7) is 0.765. The van der Waals surface area contributed by atoms with Crippen molar-refractivity contribution < 1.29 is 9.59 Å². The normalized spacial score (nSPS) is 27.4. The Hall–Kier alpha value is -3.12. The number of nitrogens with zero attached hydrogens (tertiary/aromatic N) is 1.